The molecule has 0 aromatic heterocycles. The Morgan fingerprint density at radius 3 is 2.86 bits per heavy atom. The maximum atomic E-state index is 12.9. The standard InChI is InChI=1S/C10H11ClFNO/c1-2-3-8(13)6-4-5-7(12)9(11)10(6)14/h2,4-5,8,14H,1,3,13H2/t8-/m1/s1. The van der Waals surface area contributed by atoms with Gasteiger partial charge in [-0.3, -0.25) is 0 Å². The maximum Gasteiger partial charge on any atom is 0.145 e. The molecule has 2 nitrogen and oxygen atoms in total. The highest BCUT2D eigenvalue weighted by Crippen LogP contribution is 2.33. The van der Waals surface area contributed by atoms with E-state index < -0.39 is 11.9 Å². The predicted molar refractivity (Wildman–Crippen MR) is 54.8 cm³/mol. The van der Waals surface area contributed by atoms with Crippen LogP contribution in [0.1, 0.15) is 18.0 Å². The van der Waals surface area contributed by atoms with Crippen LogP contribution in [0.5, 0.6) is 5.75 Å². The number of phenolic OH excluding ortho intramolecular Hbond substituents is 1. The Hall–Kier alpha value is -1.06. The van der Waals surface area contributed by atoms with Crippen LogP contribution >= 0.6 is 11.6 Å². The molecule has 1 aromatic rings. The van der Waals surface area contributed by atoms with Gasteiger partial charge in [0, 0.05) is 11.6 Å². The number of halogens is 2. The fourth-order valence-corrected chi connectivity index (χ4v) is 1.33. The summed E-state index contributed by atoms with van der Waals surface area (Å²) in [5.74, 6) is -0.945. The van der Waals surface area contributed by atoms with Gasteiger partial charge in [-0.2, -0.15) is 0 Å². The third-order valence-corrected chi connectivity index (χ3v) is 2.28. The Morgan fingerprint density at radius 2 is 2.29 bits per heavy atom. The fourth-order valence-electron chi connectivity index (χ4n) is 1.16. The van der Waals surface area contributed by atoms with E-state index in [4.69, 9.17) is 17.3 Å². The van der Waals surface area contributed by atoms with Crippen molar-refractivity contribution in [3.63, 3.8) is 0 Å². The maximum absolute atomic E-state index is 12.9. The minimum atomic E-state index is -0.654. The largest absolute Gasteiger partial charge is 0.506 e. The lowest BCUT2D eigenvalue weighted by Gasteiger charge is -2.12. The van der Waals surface area contributed by atoms with Crippen LogP contribution in [-0.2, 0) is 0 Å². The molecule has 1 rings (SSSR count). The van der Waals surface area contributed by atoms with E-state index in [-0.39, 0.29) is 10.8 Å². The molecule has 0 amide bonds. The fraction of sp³-hybridized carbons (Fsp3) is 0.200. The van der Waals surface area contributed by atoms with Crippen LogP contribution < -0.4 is 5.73 Å². The van der Waals surface area contributed by atoms with Gasteiger partial charge in [0.1, 0.15) is 16.6 Å². The molecule has 4 heteroatoms. The molecule has 0 spiro atoms. The third-order valence-electron chi connectivity index (χ3n) is 1.92. The van der Waals surface area contributed by atoms with Gasteiger partial charge in [0.2, 0.25) is 0 Å². The van der Waals surface area contributed by atoms with E-state index in [1.165, 1.54) is 12.1 Å². The smallest absolute Gasteiger partial charge is 0.145 e. The lowest BCUT2D eigenvalue weighted by Crippen LogP contribution is -2.09. The van der Waals surface area contributed by atoms with Gasteiger partial charge in [-0.1, -0.05) is 23.7 Å². The van der Waals surface area contributed by atoms with Crippen molar-refractivity contribution >= 4 is 11.6 Å². The molecular formula is C10H11ClFNO. The molecule has 0 heterocycles. The molecule has 0 aliphatic rings. The molecule has 0 aliphatic carbocycles. The summed E-state index contributed by atoms with van der Waals surface area (Å²) in [7, 11) is 0. The first-order valence-electron chi connectivity index (χ1n) is 4.11. The van der Waals surface area contributed by atoms with Crippen LogP contribution in [0.4, 0.5) is 4.39 Å². The molecule has 0 aliphatic heterocycles. The van der Waals surface area contributed by atoms with Crippen molar-refractivity contribution < 1.29 is 9.50 Å². The normalized spacial score (nSPS) is 12.5. The van der Waals surface area contributed by atoms with Crippen molar-refractivity contribution in [1.29, 1.82) is 0 Å². The topological polar surface area (TPSA) is 46.2 Å². The van der Waals surface area contributed by atoms with Crippen LogP contribution in [0.15, 0.2) is 24.8 Å². The predicted octanol–water partition coefficient (Wildman–Crippen LogP) is 2.76. The molecule has 0 radical (unpaired) electrons. The van der Waals surface area contributed by atoms with Crippen LogP contribution in [0.3, 0.4) is 0 Å². The van der Waals surface area contributed by atoms with Crippen molar-refractivity contribution in [1.82, 2.24) is 0 Å². The summed E-state index contributed by atoms with van der Waals surface area (Å²) in [5.41, 5.74) is 6.14. The Balaban J connectivity index is 3.10. The molecule has 0 saturated carbocycles. The monoisotopic (exact) mass is 215 g/mol. The van der Waals surface area contributed by atoms with Crippen molar-refractivity contribution in [3.8, 4) is 5.75 Å². The van der Waals surface area contributed by atoms with E-state index in [1.807, 2.05) is 0 Å². The second-order valence-corrected chi connectivity index (χ2v) is 3.31. The van der Waals surface area contributed by atoms with Crippen molar-refractivity contribution in [2.24, 2.45) is 5.73 Å². The lowest BCUT2D eigenvalue weighted by molar-refractivity contribution is 0.456. The summed E-state index contributed by atoms with van der Waals surface area (Å²) in [4.78, 5) is 0. The number of aromatic hydroxyl groups is 1. The molecule has 0 unspecified atom stereocenters. The number of benzene rings is 1. The first-order valence-corrected chi connectivity index (χ1v) is 4.49. The third kappa shape index (κ3) is 2.05. The van der Waals surface area contributed by atoms with E-state index >= 15 is 0 Å². The van der Waals surface area contributed by atoms with Gasteiger partial charge < -0.3 is 10.8 Å². The van der Waals surface area contributed by atoms with E-state index in [0.717, 1.165) is 0 Å². The van der Waals surface area contributed by atoms with Crippen LogP contribution in [0, 0.1) is 5.82 Å². The van der Waals surface area contributed by atoms with Gasteiger partial charge in [-0.25, -0.2) is 4.39 Å². The molecule has 0 saturated heterocycles. The molecule has 14 heavy (non-hydrogen) atoms. The molecule has 3 N–H and O–H groups in total. The number of rotatable bonds is 3. The summed E-state index contributed by atoms with van der Waals surface area (Å²) in [5, 5.41) is 9.20. The van der Waals surface area contributed by atoms with Gasteiger partial charge in [0.05, 0.1) is 0 Å². The molecule has 0 fully saturated rings. The summed E-state index contributed by atoms with van der Waals surface area (Å²) >= 11 is 5.52. The Bertz CT molecular complexity index is 354. The van der Waals surface area contributed by atoms with Gasteiger partial charge in [0.25, 0.3) is 0 Å². The average molecular weight is 216 g/mol. The van der Waals surface area contributed by atoms with Gasteiger partial charge in [0.15, 0.2) is 0 Å². The number of hydrogen-bond donors (Lipinski definition) is 2. The van der Waals surface area contributed by atoms with E-state index in [9.17, 15) is 9.50 Å². The zero-order valence-corrected chi connectivity index (χ0v) is 8.26. The second-order valence-electron chi connectivity index (χ2n) is 2.93. The zero-order chi connectivity index (χ0) is 10.7. The highest BCUT2D eigenvalue weighted by molar-refractivity contribution is 6.32. The lowest BCUT2D eigenvalue weighted by atomic mass is 10.0. The zero-order valence-electron chi connectivity index (χ0n) is 7.50. The summed E-state index contributed by atoms with van der Waals surface area (Å²) in [6, 6.07) is 2.19. The Morgan fingerprint density at radius 1 is 1.64 bits per heavy atom. The molecule has 76 valence electrons. The quantitative estimate of drug-likeness (QED) is 0.762. The van der Waals surface area contributed by atoms with Gasteiger partial charge in [-0.05, 0) is 12.5 Å². The minimum Gasteiger partial charge on any atom is -0.506 e. The highest BCUT2D eigenvalue weighted by atomic mass is 35.5. The summed E-state index contributed by atoms with van der Waals surface area (Å²) in [6.45, 7) is 3.53. The number of hydrogen-bond acceptors (Lipinski definition) is 2. The SMILES string of the molecule is C=CC[C@@H](N)c1ccc(F)c(Cl)c1O. The van der Waals surface area contributed by atoms with Crippen LogP contribution in [0.25, 0.3) is 0 Å². The highest BCUT2D eigenvalue weighted by Gasteiger charge is 2.14. The van der Waals surface area contributed by atoms with Gasteiger partial charge >= 0.3 is 0 Å². The first-order chi connectivity index (χ1) is 6.57. The number of nitrogens with two attached hydrogens (primary N) is 1. The van der Waals surface area contributed by atoms with Crippen LogP contribution in [-0.4, -0.2) is 5.11 Å². The molecular weight excluding hydrogens is 205 g/mol. The van der Waals surface area contributed by atoms with Crippen molar-refractivity contribution in [3.05, 3.63) is 41.2 Å². The molecule has 1 aromatic carbocycles. The van der Waals surface area contributed by atoms with Crippen molar-refractivity contribution in [2.75, 3.05) is 0 Å². The first kappa shape index (κ1) is 11.0. The van der Waals surface area contributed by atoms with E-state index in [1.54, 1.807) is 6.08 Å². The van der Waals surface area contributed by atoms with E-state index in [2.05, 4.69) is 6.58 Å². The van der Waals surface area contributed by atoms with Crippen molar-refractivity contribution in [2.45, 2.75) is 12.5 Å². The molecule has 1 atom stereocenters. The molecule has 0 bridgehead atoms. The summed E-state index contributed by atoms with van der Waals surface area (Å²) in [6.07, 6.45) is 2.12. The second kappa shape index (κ2) is 4.44. The Labute approximate surface area is 86.8 Å². The average Bonchev–Trinajstić information content (AvgIpc) is 2.15. The van der Waals surface area contributed by atoms with E-state index in [0.29, 0.717) is 12.0 Å². The van der Waals surface area contributed by atoms with Gasteiger partial charge in [-0.15, -0.1) is 6.58 Å². The van der Waals surface area contributed by atoms with Crippen LogP contribution in [0.2, 0.25) is 5.02 Å². The Kier molecular flexibility index (Phi) is 3.49. The summed E-state index contributed by atoms with van der Waals surface area (Å²) < 4.78 is 12.9. The minimum absolute atomic E-state index is 0.290. The number of phenols is 1.